The summed E-state index contributed by atoms with van der Waals surface area (Å²) in [6.45, 7) is 0. The van der Waals surface area contributed by atoms with Crippen LogP contribution in [0.2, 0.25) is 0 Å². The first-order valence-electron chi connectivity index (χ1n) is 20.7. The molecule has 0 bridgehead atoms. The van der Waals surface area contributed by atoms with Crippen LogP contribution in [0.4, 0.5) is 17.1 Å². The molecule has 0 aliphatic heterocycles. The lowest BCUT2D eigenvalue weighted by Gasteiger charge is -2.26. The van der Waals surface area contributed by atoms with Crippen molar-refractivity contribution >= 4 is 71.7 Å². The fourth-order valence-corrected chi connectivity index (χ4v) is 9.18. The van der Waals surface area contributed by atoms with Gasteiger partial charge < -0.3 is 13.9 Å². The average molecular weight is 780 g/mol. The lowest BCUT2D eigenvalue weighted by Crippen LogP contribution is -2.10. The summed E-state index contributed by atoms with van der Waals surface area (Å²) < 4.78 is 8.60. The largest absolute Gasteiger partial charge is 0.454 e. The predicted octanol–water partition coefficient (Wildman–Crippen LogP) is 15.7. The summed E-state index contributed by atoms with van der Waals surface area (Å²) in [6.07, 6.45) is 1.83. The highest BCUT2D eigenvalue weighted by Gasteiger charge is 2.19. The first-order chi connectivity index (χ1) is 30.2. The maximum atomic E-state index is 6.20. The van der Waals surface area contributed by atoms with Crippen LogP contribution in [0.1, 0.15) is 0 Å². The van der Waals surface area contributed by atoms with Crippen LogP contribution in [0.5, 0.6) is 0 Å². The van der Waals surface area contributed by atoms with E-state index in [1.165, 1.54) is 49.3 Å². The summed E-state index contributed by atoms with van der Waals surface area (Å²) in [6, 6.07) is 78.2. The maximum Gasteiger partial charge on any atom is 0.153 e. The molecule has 0 fully saturated rings. The predicted molar refractivity (Wildman–Crippen MR) is 254 cm³/mol. The van der Waals surface area contributed by atoms with E-state index in [-0.39, 0.29) is 0 Å². The number of hydrogen-bond donors (Lipinski definition) is 0. The number of fused-ring (bicyclic) bond motifs is 7. The number of benzene rings is 9. The molecular formula is C57H37N3O. The van der Waals surface area contributed by atoms with Gasteiger partial charge in [-0.3, -0.25) is 4.98 Å². The molecule has 0 unspecified atom stereocenters. The quantitative estimate of drug-likeness (QED) is 0.162. The number of hydrogen-bond acceptors (Lipinski definition) is 3. The minimum absolute atomic E-state index is 0.793. The van der Waals surface area contributed by atoms with E-state index in [9.17, 15) is 0 Å². The molecule has 12 aromatic rings. The summed E-state index contributed by atoms with van der Waals surface area (Å²) in [4.78, 5) is 7.05. The van der Waals surface area contributed by atoms with Crippen LogP contribution in [0, 0.1) is 0 Å². The van der Waals surface area contributed by atoms with Gasteiger partial charge in [0.05, 0.1) is 22.1 Å². The molecule has 286 valence electrons. The fraction of sp³-hybridized carbons (Fsp3) is 0. The minimum atomic E-state index is 0.793. The number of pyridine rings is 1. The van der Waals surface area contributed by atoms with Crippen molar-refractivity contribution < 1.29 is 4.42 Å². The molecule has 3 heterocycles. The number of nitrogens with zero attached hydrogens (tertiary/aromatic N) is 3. The Morgan fingerprint density at radius 3 is 1.72 bits per heavy atom. The molecule has 0 spiro atoms. The van der Waals surface area contributed by atoms with Crippen LogP contribution in [-0.4, -0.2) is 9.55 Å². The highest BCUT2D eigenvalue weighted by atomic mass is 16.3. The molecule has 0 aliphatic carbocycles. The smallest absolute Gasteiger partial charge is 0.153 e. The number of aromatic nitrogens is 2. The van der Waals surface area contributed by atoms with Gasteiger partial charge in [0.25, 0.3) is 0 Å². The summed E-state index contributed by atoms with van der Waals surface area (Å²) in [5, 5.41) is 5.92. The molecule has 0 aliphatic rings. The lowest BCUT2D eigenvalue weighted by atomic mass is 9.99. The zero-order valence-corrected chi connectivity index (χ0v) is 33.1. The Balaban J connectivity index is 0.971. The van der Waals surface area contributed by atoms with Gasteiger partial charge in [0.1, 0.15) is 11.1 Å². The molecule has 0 amide bonds. The van der Waals surface area contributed by atoms with Crippen molar-refractivity contribution in [2.24, 2.45) is 0 Å². The summed E-state index contributed by atoms with van der Waals surface area (Å²) in [7, 11) is 0. The zero-order valence-electron chi connectivity index (χ0n) is 33.1. The van der Waals surface area contributed by atoms with Crippen LogP contribution in [0.25, 0.3) is 93.7 Å². The first-order valence-corrected chi connectivity index (χ1v) is 20.7. The molecule has 0 radical (unpaired) electrons. The van der Waals surface area contributed by atoms with Gasteiger partial charge in [-0.1, -0.05) is 140 Å². The minimum Gasteiger partial charge on any atom is -0.454 e. The van der Waals surface area contributed by atoms with Gasteiger partial charge in [0, 0.05) is 39.6 Å². The van der Waals surface area contributed by atoms with E-state index in [1.807, 2.05) is 24.4 Å². The third-order valence-corrected chi connectivity index (χ3v) is 12.0. The molecule has 4 heteroatoms. The third-order valence-electron chi connectivity index (χ3n) is 12.0. The second-order valence-electron chi connectivity index (χ2n) is 15.6. The van der Waals surface area contributed by atoms with Crippen molar-refractivity contribution in [3.05, 3.63) is 225 Å². The van der Waals surface area contributed by atoms with Crippen molar-refractivity contribution in [2.45, 2.75) is 0 Å². The number of anilines is 3. The Labute approximate surface area is 352 Å². The number of furan rings is 1. The second-order valence-corrected chi connectivity index (χ2v) is 15.6. The van der Waals surface area contributed by atoms with Crippen LogP contribution in [0.15, 0.2) is 229 Å². The van der Waals surface area contributed by atoms with E-state index in [0.717, 1.165) is 61.5 Å². The van der Waals surface area contributed by atoms with E-state index in [2.05, 4.69) is 210 Å². The molecule has 0 saturated carbocycles. The van der Waals surface area contributed by atoms with Crippen molar-refractivity contribution in [2.75, 3.05) is 4.90 Å². The van der Waals surface area contributed by atoms with Gasteiger partial charge in [-0.25, -0.2) is 0 Å². The standard InChI is InChI=1S/C57H37N3O/c1-2-12-38(13-3-1)41-23-24-43-37-46(34-29-42(43)36-41)59(45-32-27-40(28-33-45)48-17-10-21-54-56(48)57-55(61-54)22-11-35-58-57)44-30-25-39(26-31-44)47-14-4-7-18-51(47)60-52-19-8-5-15-49(52)50-16-6-9-20-53(50)60/h1-37H. The van der Waals surface area contributed by atoms with Crippen LogP contribution in [0.3, 0.4) is 0 Å². The van der Waals surface area contributed by atoms with Gasteiger partial charge in [-0.15, -0.1) is 0 Å². The summed E-state index contributed by atoms with van der Waals surface area (Å²) in [5.74, 6) is 0. The lowest BCUT2D eigenvalue weighted by molar-refractivity contribution is 0.668. The van der Waals surface area contributed by atoms with E-state index < -0.39 is 0 Å². The first kappa shape index (κ1) is 34.8. The molecule has 0 atom stereocenters. The molecule has 12 rings (SSSR count). The van der Waals surface area contributed by atoms with Crippen LogP contribution >= 0.6 is 0 Å². The Bertz CT molecular complexity index is 3530. The van der Waals surface area contributed by atoms with Gasteiger partial charge in [-0.2, -0.15) is 0 Å². The Hall–Kier alpha value is -8.21. The SMILES string of the molecule is c1ccc(-c2ccc3cc(N(c4ccc(-c5ccccc5-n5c6ccccc6c6ccccc65)cc4)c4ccc(-c5cccc6oc7cccnc7c56)cc4)ccc3c2)cc1. The monoisotopic (exact) mass is 779 g/mol. The Morgan fingerprint density at radius 2 is 0.967 bits per heavy atom. The average Bonchev–Trinajstić information content (AvgIpc) is 3.88. The van der Waals surface area contributed by atoms with Crippen molar-refractivity contribution in [1.29, 1.82) is 0 Å². The fourth-order valence-electron chi connectivity index (χ4n) is 9.18. The molecule has 9 aromatic carbocycles. The normalized spacial score (nSPS) is 11.6. The summed E-state index contributed by atoms with van der Waals surface area (Å²) in [5.41, 5.74) is 16.2. The van der Waals surface area contributed by atoms with Crippen LogP contribution in [-0.2, 0) is 0 Å². The Kier molecular flexibility index (Phi) is 8.13. The van der Waals surface area contributed by atoms with Gasteiger partial charge in [0.2, 0.25) is 0 Å². The van der Waals surface area contributed by atoms with Crippen LogP contribution < -0.4 is 4.90 Å². The molecule has 4 nitrogen and oxygen atoms in total. The van der Waals surface area contributed by atoms with E-state index in [4.69, 9.17) is 9.40 Å². The van der Waals surface area contributed by atoms with Crippen molar-refractivity contribution in [3.63, 3.8) is 0 Å². The molecule has 0 saturated heterocycles. The highest BCUT2D eigenvalue weighted by Crippen LogP contribution is 2.42. The van der Waals surface area contributed by atoms with Gasteiger partial charge in [0.15, 0.2) is 5.58 Å². The second kappa shape index (κ2) is 14.3. The third kappa shape index (κ3) is 5.88. The van der Waals surface area contributed by atoms with E-state index in [1.54, 1.807) is 0 Å². The maximum absolute atomic E-state index is 6.20. The Morgan fingerprint density at radius 1 is 0.393 bits per heavy atom. The van der Waals surface area contributed by atoms with Crippen molar-refractivity contribution in [3.8, 4) is 39.1 Å². The zero-order chi connectivity index (χ0) is 40.3. The molecule has 0 N–H and O–H groups in total. The number of para-hydroxylation sites is 3. The van der Waals surface area contributed by atoms with E-state index in [0.29, 0.717) is 0 Å². The highest BCUT2D eigenvalue weighted by molar-refractivity contribution is 6.11. The van der Waals surface area contributed by atoms with E-state index >= 15 is 0 Å². The molecule has 3 aromatic heterocycles. The topological polar surface area (TPSA) is 34.2 Å². The molecule has 61 heavy (non-hydrogen) atoms. The number of rotatable bonds is 7. The summed E-state index contributed by atoms with van der Waals surface area (Å²) >= 11 is 0. The van der Waals surface area contributed by atoms with Gasteiger partial charge in [-0.05, 0) is 117 Å². The molecular weight excluding hydrogens is 743 g/mol. The van der Waals surface area contributed by atoms with Crippen molar-refractivity contribution in [1.82, 2.24) is 9.55 Å². The van der Waals surface area contributed by atoms with Gasteiger partial charge >= 0.3 is 0 Å².